The second-order valence-electron chi connectivity index (χ2n) is 9.83. The monoisotopic (exact) mass is 432 g/mol. The maximum absolute atomic E-state index is 12.5. The molecule has 1 unspecified atom stereocenters. The number of carbonyl (C=O) groups is 1. The van der Waals surface area contributed by atoms with Gasteiger partial charge in [-0.25, -0.2) is 0 Å². The molecule has 1 amide bonds. The summed E-state index contributed by atoms with van der Waals surface area (Å²) < 4.78 is 5.63. The number of nitrogens with one attached hydrogen (secondary N) is 1. The van der Waals surface area contributed by atoms with Gasteiger partial charge < -0.3 is 14.6 Å². The molecule has 1 saturated heterocycles. The number of aromatic nitrogens is 1. The van der Waals surface area contributed by atoms with Crippen LogP contribution >= 0.6 is 0 Å². The van der Waals surface area contributed by atoms with Crippen molar-refractivity contribution in [2.45, 2.75) is 32.4 Å². The molecular weight excluding hydrogens is 400 g/mol. The number of benzene rings is 1. The first-order valence-electron chi connectivity index (χ1n) is 11.6. The molecule has 2 aromatic heterocycles. The first kappa shape index (κ1) is 21.2. The smallest absolute Gasteiger partial charge is 0.287 e. The minimum atomic E-state index is -0.126. The van der Waals surface area contributed by atoms with E-state index < -0.39 is 0 Å². The van der Waals surface area contributed by atoms with Crippen molar-refractivity contribution in [1.82, 2.24) is 20.1 Å². The molecular formula is C26H32N4O2. The van der Waals surface area contributed by atoms with Crippen LogP contribution in [0.5, 0.6) is 0 Å². The summed E-state index contributed by atoms with van der Waals surface area (Å²) in [5.74, 6) is 0.831. The summed E-state index contributed by atoms with van der Waals surface area (Å²) in [6.07, 6.45) is 7.03. The number of hydrogen-bond acceptors (Lipinski definition) is 5. The van der Waals surface area contributed by atoms with Gasteiger partial charge in [-0.15, -0.1) is 0 Å². The summed E-state index contributed by atoms with van der Waals surface area (Å²) in [4.78, 5) is 21.3. The van der Waals surface area contributed by atoms with Gasteiger partial charge in [0.25, 0.3) is 5.91 Å². The van der Waals surface area contributed by atoms with Crippen molar-refractivity contribution in [2.24, 2.45) is 11.3 Å². The maximum atomic E-state index is 12.5. The molecule has 3 aromatic rings. The van der Waals surface area contributed by atoms with Gasteiger partial charge in [-0.05, 0) is 81.0 Å². The Balaban J connectivity index is 1.08. The number of likely N-dealkylation sites (tertiary alicyclic amines) is 1. The Morgan fingerprint density at radius 2 is 1.94 bits per heavy atom. The molecule has 32 heavy (non-hydrogen) atoms. The minimum absolute atomic E-state index is 0.126. The van der Waals surface area contributed by atoms with Gasteiger partial charge in [-0.3, -0.25) is 14.7 Å². The highest BCUT2D eigenvalue weighted by Crippen LogP contribution is 2.59. The van der Waals surface area contributed by atoms with Crippen LogP contribution in [0.15, 0.2) is 53.2 Å². The van der Waals surface area contributed by atoms with E-state index in [1.165, 1.54) is 30.4 Å². The van der Waals surface area contributed by atoms with Gasteiger partial charge in [0.2, 0.25) is 0 Å². The molecule has 3 heterocycles. The summed E-state index contributed by atoms with van der Waals surface area (Å²) in [5.41, 5.74) is 3.83. The summed E-state index contributed by atoms with van der Waals surface area (Å²) in [6, 6.07) is 12.7. The van der Waals surface area contributed by atoms with Gasteiger partial charge >= 0.3 is 0 Å². The zero-order valence-corrected chi connectivity index (χ0v) is 19.0. The molecule has 1 spiro atoms. The van der Waals surface area contributed by atoms with E-state index in [1.807, 2.05) is 6.07 Å². The molecule has 1 aliphatic heterocycles. The third-order valence-electron chi connectivity index (χ3n) is 7.19. The maximum Gasteiger partial charge on any atom is 0.287 e. The van der Waals surface area contributed by atoms with E-state index in [9.17, 15) is 4.79 Å². The average Bonchev–Trinajstić information content (AvgIpc) is 3.26. The van der Waals surface area contributed by atoms with Crippen LogP contribution in [0.2, 0.25) is 0 Å². The lowest BCUT2D eigenvalue weighted by atomic mass is 9.90. The molecule has 168 valence electrons. The lowest BCUT2D eigenvalue weighted by Crippen LogP contribution is -2.36. The van der Waals surface area contributed by atoms with E-state index in [-0.39, 0.29) is 5.91 Å². The second kappa shape index (κ2) is 8.68. The van der Waals surface area contributed by atoms with Crippen LogP contribution < -0.4 is 5.32 Å². The Kier molecular flexibility index (Phi) is 5.74. The first-order chi connectivity index (χ1) is 15.5. The van der Waals surface area contributed by atoms with E-state index in [0.29, 0.717) is 22.7 Å². The standard InChI is InChI=1S/C26H32N4O2/c1-29(2)17-19-3-5-20(6-4-19)18-30-11-8-26(9-12-30)14-22(26)15-28-25(31)23-13-21-7-10-27-16-24(21)32-23/h3-7,10,13,16,22H,8-9,11-12,14-15,17-18H2,1-2H3,(H,28,31). The van der Waals surface area contributed by atoms with E-state index >= 15 is 0 Å². The molecule has 1 atom stereocenters. The number of fused-ring (bicyclic) bond motifs is 1. The molecule has 2 aliphatic rings. The quantitative estimate of drug-likeness (QED) is 0.613. The Hall–Kier alpha value is -2.70. The minimum Gasteiger partial charge on any atom is -0.449 e. The summed E-state index contributed by atoms with van der Waals surface area (Å²) in [6.45, 7) is 5.03. The molecule has 0 radical (unpaired) electrons. The SMILES string of the molecule is CN(C)Cc1ccc(CN2CCC3(CC2)CC3CNC(=O)c2cc3ccncc3o2)cc1. The second-order valence-corrected chi connectivity index (χ2v) is 9.83. The molecule has 6 nitrogen and oxygen atoms in total. The normalized spacial score (nSPS) is 20.2. The molecule has 1 saturated carbocycles. The third-order valence-corrected chi connectivity index (χ3v) is 7.19. The van der Waals surface area contributed by atoms with E-state index in [1.54, 1.807) is 18.5 Å². The Morgan fingerprint density at radius 3 is 2.66 bits per heavy atom. The number of nitrogens with zero attached hydrogens (tertiary/aromatic N) is 3. The predicted molar refractivity (Wildman–Crippen MR) is 125 cm³/mol. The molecule has 6 heteroatoms. The van der Waals surface area contributed by atoms with Crippen LogP contribution in [0.25, 0.3) is 11.0 Å². The van der Waals surface area contributed by atoms with Crippen molar-refractivity contribution in [3.05, 3.63) is 65.7 Å². The van der Waals surface area contributed by atoms with Crippen molar-refractivity contribution >= 4 is 16.9 Å². The highest BCUT2D eigenvalue weighted by Gasteiger charge is 2.54. The topological polar surface area (TPSA) is 61.6 Å². The van der Waals surface area contributed by atoms with Gasteiger partial charge in [0.15, 0.2) is 11.3 Å². The number of carbonyl (C=O) groups excluding carboxylic acids is 1. The molecule has 1 N–H and O–H groups in total. The average molecular weight is 433 g/mol. The van der Waals surface area contributed by atoms with E-state index in [0.717, 1.165) is 38.1 Å². The summed E-state index contributed by atoms with van der Waals surface area (Å²) in [7, 11) is 4.20. The van der Waals surface area contributed by atoms with Crippen molar-refractivity contribution in [3.8, 4) is 0 Å². The Bertz CT molecular complexity index is 1050. The molecule has 2 fully saturated rings. The zero-order chi connectivity index (χ0) is 22.1. The number of amides is 1. The van der Waals surface area contributed by atoms with Crippen LogP contribution in [-0.4, -0.2) is 54.4 Å². The van der Waals surface area contributed by atoms with Gasteiger partial charge in [0, 0.05) is 31.2 Å². The third kappa shape index (κ3) is 4.57. The van der Waals surface area contributed by atoms with Gasteiger partial charge in [0.05, 0.1) is 6.20 Å². The molecule has 5 rings (SSSR count). The summed E-state index contributed by atoms with van der Waals surface area (Å²) in [5, 5.41) is 4.00. The number of furan rings is 1. The largest absolute Gasteiger partial charge is 0.449 e. The Labute approximate surface area is 189 Å². The number of rotatable bonds is 7. The zero-order valence-electron chi connectivity index (χ0n) is 19.0. The van der Waals surface area contributed by atoms with Crippen LogP contribution in [0.3, 0.4) is 0 Å². The number of hydrogen-bond donors (Lipinski definition) is 1. The molecule has 1 aromatic carbocycles. The molecule has 0 bridgehead atoms. The van der Waals surface area contributed by atoms with Crippen molar-refractivity contribution < 1.29 is 9.21 Å². The highest BCUT2D eigenvalue weighted by molar-refractivity contribution is 5.95. The van der Waals surface area contributed by atoms with Gasteiger partial charge in [-0.1, -0.05) is 24.3 Å². The summed E-state index contributed by atoms with van der Waals surface area (Å²) >= 11 is 0. The number of piperidine rings is 1. The van der Waals surface area contributed by atoms with Crippen LogP contribution in [0, 0.1) is 11.3 Å². The van der Waals surface area contributed by atoms with Crippen molar-refractivity contribution in [3.63, 3.8) is 0 Å². The van der Waals surface area contributed by atoms with Crippen LogP contribution in [0.4, 0.5) is 0 Å². The lowest BCUT2D eigenvalue weighted by molar-refractivity contribution is 0.0921. The number of pyridine rings is 1. The fraction of sp³-hybridized carbons (Fsp3) is 0.462. The fourth-order valence-corrected chi connectivity index (χ4v) is 5.16. The van der Waals surface area contributed by atoms with Crippen LogP contribution in [-0.2, 0) is 13.1 Å². The predicted octanol–water partition coefficient (Wildman–Crippen LogP) is 3.92. The van der Waals surface area contributed by atoms with Crippen LogP contribution in [0.1, 0.15) is 40.9 Å². The lowest BCUT2D eigenvalue weighted by Gasteiger charge is -2.33. The Morgan fingerprint density at radius 1 is 1.19 bits per heavy atom. The van der Waals surface area contributed by atoms with Crippen molar-refractivity contribution in [2.75, 3.05) is 33.7 Å². The first-order valence-corrected chi connectivity index (χ1v) is 11.6. The van der Waals surface area contributed by atoms with Gasteiger partial charge in [0.1, 0.15) is 0 Å². The highest BCUT2D eigenvalue weighted by atomic mass is 16.3. The van der Waals surface area contributed by atoms with E-state index in [4.69, 9.17) is 4.42 Å². The van der Waals surface area contributed by atoms with E-state index in [2.05, 4.69) is 58.5 Å². The van der Waals surface area contributed by atoms with Crippen molar-refractivity contribution in [1.29, 1.82) is 0 Å². The van der Waals surface area contributed by atoms with Gasteiger partial charge in [-0.2, -0.15) is 0 Å². The fourth-order valence-electron chi connectivity index (χ4n) is 5.16. The molecule has 1 aliphatic carbocycles.